The van der Waals surface area contributed by atoms with E-state index in [1.54, 1.807) is 0 Å². The molecule has 0 bridgehead atoms. The van der Waals surface area contributed by atoms with Gasteiger partial charge in [-0.25, -0.2) is 5.90 Å². The minimum absolute atomic E-state index is 0.461. The van der Waals surface area contributed by atoms with Gasteiger partial charge >= 0.3 is 0 Å². The van der Waals surface area contributed by atoms with Crippen LogP contribution in [0.15, 0.2) is 12.1 Å². The van der Waals surface area contributed by atoms with Gasteiger partial charge in [0.15, 0.2) is 0 Å². The number of halogens is 1. The van der Waals surface area contributed by atoms with Crippen LogP contribution in [-0.2, 0) is 24.3 Å². The second kappa shape index (κ2) is 3.66. The molecule has 3 heteroatoms. The van der Waals surface area contributed by atoms with E-state index in [9.17, 15) is 0 Å². The number of nitrogens with two attached hydrogens (primary N) is 1. The van der Waals surface area contributed by atoms with Gasteiger partial charge in [-0.3, -0.25) is 4.84 Å². The molecule has 2 N–H and O–H groups in total. The second-order valence-electron chi connectivity index (χ2n) is 3.37. The molecule has 0 saturated heterocycles. The van der Waals surface area contributed by atoms with Gasteiger partial charge in [-0.1, -0.05) is 11.6 Å². The van der Waals surface area contributed by atoms with Gasteiger partial charge < -0.3 is 0 Å². The van der Waals surface area contributed by atoms with Crippen molar-refractivity contribution < 1.29 is 4.84 Å². The van der Waals surface area contributed by atoms with Gasteiger partial charge in [0.1, 0.15) is 0 Å². The van der Waals surface area contributed by atoms with Crippen molar-refractivity contribution in [3.63, 3.8) is 0 Å². The number of rotatable bonds is 2. The van der Waals surface area contributed by atoms with Crippen molar-refractivity contribution in [3.05, 3.63) is 33.8 Å². The quantitative estimate of drug-likeness (QED) is 0.738. The molecule has 70 valence electrons. The summed E-state index contributed by atoms with van der Waals surface area (Å²) in [6.45, 7) is 0.461. The number of aryl methyl sites for hydroxylation is 1. The summed E-state index contributed by atoms with van der Waals surface area (Å²) in [7, 11) is 0. The lowest BCUT2D eigenvalue weighted by molar-refractivity contribution is 0.123. The van der Waals surface area contributed by atoms with Crippen molar-refractivity contribution in [2.75, 3.05) is 0 Å². The molecule has 13 heavy (non-hydrogen) atoms. The Morgan fingerprint density at radius 1 is 1.38 bits per heavy atom. The van der Waals surface area contributed by atoms with E-state index in [1.165, 1.54) is 17.5 Å². The molecule has 2 rings (SSSR count). The lowest BCUT2D eigenvalue weighted by Crippen LogP contribution is -2.02. The zero-order valence-electron chi connectivity index (χ0n) is 7.35. The second-order valence-corrected chi connectivity index (χ2v) is 3.80. The molecule has 2 nitrogen and oxygen atoms in total. The molecule has 1 aliphatic carbocycles. The molecule has 0 saturated carbocycles. The molecule has 0 aromatic heterocycles. The highest BCUT2D eigenvalue weighted by atomic mass is 35.5. The van der Waals surface area contributed by atoms with E-state index in [1.807, 2.05) is 12.1 Å². The first-order valence-electron chi connectivity index (χ1n) is 4.43. The highest BCUT2D eigenvalue weighted by Crippen LogP contribution is 2.29. The topological polar surface area (TPSA) is 35.2 Å². The largest absolute Gasteiger partial charge is 0.300 e. The molecular formula is C10H12ClNO. The summed E-state index contributed by atoms with van der Waals surface area (Å²) in [4.78, 5) is 4.65. The normalized spacial score (nSPS) is 14.6. The first kappa shape index (κ1) is 9.00. The summed E-state index contributed by atoms with van der Waals surface area (Å²) in [5, 5.41) is 0.785. The third-order valence-corrected chi connectivity index (χ3v) is 2.73. The van der Waals surface area contributed by atoms with Crippen molar-refractivity contribution in [2.24, 2.45) is 5.90 Å². The van der Waals surface area contributed by atoms with E-state index in [0.717, 1.165) is 23.4 Å². The van der Waals surface area contributed by atoms with Gasteiger partial charge in [-0.15, -0.1) is 0 Å². The zero-order chi connectivity index (χ0) is 9.26. The Kier molecular flexibility index (Phi) is 2.54. The Balaban J connectivity index is 2.43. The van der Waals surface area contributed by atoms with Crippen molar-refractivity contribution in [1.82, 2.24) is 0 Å². The van der Waals surface area contributed by atoms with Crippen LogP contribution in [-0.4, -0.2) is 0 Å². The van der Waals surface area contributed by atoms with Gasteiger partial charge in [0, 0.05) is 5.02 Å². The Labute approximate surface area is 82.6 Å². The predicted octanol–water partition coefficient (Wildman–Crippen LogP) is 2.22. The summed E-state index contributed by atoms with van der Waals surface area (Å²) >= 11 is 5.97. The first-order valence-corrected chi connectivity index (χ1v) is 4.81. The SMILES string of the molecule is NOCc1cc(Cl)cc2c1CCC2. The van der Waals surface area contributed by atoms with Crippen molar-refractivity contribution in [3.8, 4) is 0 Å². The summed E-state index contributed by atoms with van der Waals surface area (Å²) in [6, 6.07) is 3.99. The molecular weight excluding hydrogens is 186 g/mol. The summed E-state index contributed by atoms with van der Waals surface area (Å²) < 4.78 is 0. The number of benzene rings is 1. The molecule has 0 amide bonds. The van der Waals surface area contributed by atoms with Gasteiger partial charge in [0.05, 0.1) is 6.61 Å². The van der Waals surface area contributed by atoms with E-state index in [4.69, 9.17) is 17.5 Å². The Morgan fingerprint density at radius 2 is 2.23 bits per heavy atom. The van der Waals surface area contributed by atoms with Crippen LogP contribution < -0.4 is 5.90 Å². The van der Waals surface area contributed by atoms with Gasteiger partial charge in [-0.2, -0.15) is 0 Å². The number of hydrogen-bond acceptors (Lipinski definition) is 2. The van der Waals surface area contributed by atoms with Crippen LogP contribution in [0.25, 0.3) is 0 Å². The predicted molar refractivity (Wildman–Crippen MR) is 52.5 cm³/mol. The van der Waals surface area contributed by atoms with E-state index < -0.39 is 0 Å². The molecule has 0 fully saturated rings. The summed E-state index contributed by atoms with van der Waals surface area (Å²) in [6.07, 6.45) is 3.48. The molecule has 1 aliphatic rings. The highest BCUT2D eigenvalue weighted by Gasteiger charge is 2.15. The van der Waals surface area contributed by atoms with E-state index in [0.29, 0.717) is 6.61 Å². The smallest absolute Gasteiger partial charge is 0.0933 e. The minimum Gasteiger partial charge on any atom is -0.300 e. The lowest BCUT2D eigenvalue weighted by Gasteiger charge is -2.07. The average molecular weight is 198 g/mol. The van der Waals surface area contributed by atoms with Crippen LogP contribution in [0, 0.1) is 0 Å². The zero-order valence-corrected chi connectivity index (χ0v) is 8.10. The molecule has 1 aromatic carbocycles. The first-order chi connectivity index (χ1) is 6.31. The fraction of sp³-hybridized carbons (Fsp3) is 0.400. The van der Waals surface area contributed by atoms with Crippen molar-refractivity contribution >= 4 is 11.6 Å². The fourth-order valence-corrected chi connectivity index (χ4v) is 2.24. The van der Waals surface area contributed by atoms with E-state index >= 15 is 0 Å². The molecule has 0 spiro atoms. The Hall–Kier alpha value is -0.570. The van der Waals surface area contributed by atoms with Crippen LogP contribution in [0.3, 0.4) is 0 Å². The summed E-state index contributed by atoms with van der Waals surface area (Å²) in [5.74, 6) is 5.06. The fourth-order valence-electron chi connectivity index (χ4n) is 1.97. The highest BCUT2D eigenvalue weighted by molar-refractivity contribution is 6.30. The van der Waals surface area contributed by atoms with Crippen LogP contribution in [0.5, 0.6) is 0 Å². The van der Waals surface area contributed by atoms with Crippen LogP contribution in [0.1, 0.15) is 23.1 Å². The maximum atomic E-state index is 5.97. The standard InChI is InChI=1S/C10H12ClNO/c11-9-4-7-2-1-3-10(7)8(5-9)6-13-12/h4-5H,1-3,6,12H2. The summed E-state index contributed by atoms with van der Waals surface area (Å²) in [5.41, 5.74) is 3.89. The maximum Gasteiger partial charge on any atom is 0.0933 e. The van der Waals surface area contributed by atoms with Crippen LogP contribution in [0.2, 0.25) is 5.02 Å². The molecule has 0 heterocycles. The van der Waals surface area contributed by atoms with E-state index in [2.05, 4.69) is 4.84 Å². The third-order valence-electron chi connectivity index (χ3n) is 2.51. The third kappa shape index (κ3) is 1.70. The Morgan fingerprint density at radius 3 is 3.00 bits per heavy atom. The lowest BCUT2D eigenvalue weighted by atomic mass is 10.0. The molecule has 0 unspecified atom stereocenters. The monoisotopic (exact) mass is 197 g/mol. The van der Waals surface area contributed by atoms with Crippen molar-refractivity contribution in [2.45, 2.75) is 25.9 Å². The molecule has 1 aromatic rings. The minimum atomic E-state index is 0.461. The number of fused-ring (bicyclic) bond motifs is 1. The maximum absolute atomic E-state index is 5.97. The molecule has 0 radical (unpaired) electrons. The Bertz CT molecular complexity index is 325. The average Bonchev–Trinajstić information content (AvgIpc) is 2.52. The van der Waals surface area contributed by atoms with Crippen LogP contribution in [0.4, 0.5) is 0 Å². The van der Waals surface area contributed by atoms with E-state index in [-0.39, 0.29) is 0 Å². The van der Waals surface area contributed by atoms with Crippen molar-refractivity contribution in [1.29, 1.82) is 0 Å². The molecule has 0 aliphatic heterocycles. The van der Waals surface area contributed by atoms with Crippen LogP contribution >= 0.6 is 11.6 Å². The van der Waals surface area contributed by atoms with Gasteiger partial charge in [-0.05, 0) is 48.1 Å². The van der Waals surface area contributed by atoms with Gasteiger partial charge in [0.2, 0.25) is 0 Å². The molecule has 0 atom stereocenters. The number of hydrogen-bond donors (Lipinski definition) is 1. The van der Waals surface area contributed by atoms with Gasteiger partial charge in [0.25, 0.3) is 0 Å².